The number of hydrazone groups is 1. The number of carbonyl (C=O) groups is 2. The van der Waals surface area contributed by atoms with E-state index in [1.54, 1.807) is 59.8 Å². The highest BCUT2D eigenvalue weighted by molar-refractivity contribution is 5.94. The minimum Gasteiger partial charge on any atom is -0.380 e. The lowest BCUT2D eigenvalue weighted by Gasteiger charge is -2.22. The summed E-state index contributed by atoms with van der Waals surface area (Å²) in [5, 5.41) is 27.1. The van der Waals surface area contributed by atoms with Crippen molar-refractivity contribution in [1.29, 1.82) is 0 Å². The van der Waals surface area contributed by atoms with E-state index in [0.717, 1.165) is 17.7 Å². The van der Waals surface area contributed by atoms with E-state index in [-0.39, 0.29) is 5.41 Å². The van der Waals surface area contributed by atoms with Crippen LogP contribution in [0.2, 0.25) is 0 Å². The number of benzene rings is 4. The van der Waals surface area contributed by atoms with Crippen molar-refractivity contribution in [3.8, 4) is 11.1 Å². The summed E-state index contributed by atoms with van der Waals surface area (Å²) >= 11 is 0. The molecule has 0 spiro atoms. The molecule has 6 heteroatoms. The molecule has 0 amide bonds. The predicted octanol–water partition coefficient (Wildman–Crippen LogP) is 6.74. The number of nitrogens with zero attached hydrogens (tertiary/aromatic N) is 2. The molecular weight excluding hydrogens is 524 g/mol. The number of aliphatic hydroxyl groups is 2. The maximum absolute atomic E-state index is 11.9. The summed E-state index contributed by atoms with van der Waals surface area (Å²) < 4.78 is 0. The third-order valence-corrected chi connectivity index (χ3v) is 7.78. The average molecular weight is 557 g/mol. The van der Waals surface area contributed by atoms with Gasteiger partial charge < -0.3 is 10.2 Å². The molecule has 0 radical (unpaired) electrons. The normalized spacial score (nSPS) is 14.5. The number of rotatable bonds is 10. The highest BCUT2D eigenvalue weighted by Gasteiger charge is 2.35. The smallest absolute Gasteiger partial charge is 0.188 e. The van der Waals surface area contributed by atoms with Crippen molar-refractivity contribution in [2.75, 3.05) is 5.01 Å². The van der Waals surface area contributed by atoms with Gasteiger partial charge in [0.15, 0.2) is 11.6 Å². The Morgan fingerprint density at radius 1 is 0.738 bits per heavy atom. The lowest BCUT2D eigenvalue weighted by Crippen LogP contribution is -2.15. The Hall–Kier alpha value is -4.91. The van der Waals surface area contributed by atoms with E-state index < -0.39 is 23.8 Å². The molecule has 0 aromatic heterocycles. The summed E-state index contributed by atoms with van der Waals surface area (Å²) in [4.78, 5) is 23.8. The van der Waals surface area contributed by atoms with Crippen molar-refractivity contribution in [1.82, 2.24) is 0 Å². The largest absolute Gasteiger partial charge is 0.380 e. The number of hydrogen-bond acceptors (Lipinski definition) is 6. The molecule has 4 aromatic rings. The van der Waals surface area contributed by atoms with E-state index in [9.17, 15) is 19.8 Å². The summed E-state index contributed by atoms with van der Waals surface area (Å²) in [7, 11) is 0. The first-order chi connectivity index (χ1) is 20.1. The van der Waals surface area contributed by atoms with Crippen molar-refractivity contribution in [3.05, 3.63) is 144 Å². The minimum absolute atomic E-state index is 0.144. The van der Waals surface area contributed by atoms with Gasteiger partial charge in [0.1, 0.15) is 12.2 Å². The molecule has 210 valence electrons. The van der Waals surface area contributed by atoms with Gasteiger partial charge in [-0.25, -0.2) is 5.01 Å². The number of carbonyl (C=O) groups excluding carboxylic acids is 2. The van der Waals surface area contributed by atoms with E-state index in [1.165, 1.54) is 22.3 Å². The SMILES string of the molecule is C=CC(=O)C(O)c1ccc(N(N=Cc2ccc3c(c2)C(C)(C)c2ccccc2-3)c2ccc(C(O)C(=O)C=C)cc2)cc1. The summed E-state index contributed by atoms with van der Waals surface area (Å²) in [6, 6.07) is 28.5. The Kier molecular flexibility index (Phi) is 7.85. The monoisotopic (exact) mass is 556 g/mol. The zero-order chi connectivity index (χ0) is 30.0. The number of ketones is 2. The maximum Gasteiger partial charge on any atom is 0.188 e. The molecule has 4 aromatic carbocycles. The number of hydrogen-bond donors (Lipinski definition) is 2. The Morgan fingerprint density at radius 3 is 1.76 bits per heavy atom. The van der Waals surface area contributed by atoms with E-state index in [4.69, 9.17) is 5.10 Å². The van der Waals surface area contributed by atoms with Gasteiger partial charge >= 0.3 is 0 Å². The van der Waals surface area contributed by atoms with Crippen LogP contribution in [0.4, 0.5) is 11.4 Å². The van der Waals surface area contributed by atoms with Gasteiger partial charge in [0, 0.05) is 5.41 Å². The average Bonchev–Trinajstić information content (AvgIpc) is 3.26. The maximum atomic E-state index is 11.9. The van der Waals surface area contributed by atoms with Crippen molar-refractivity contribution < 1.29 is 19.8 Å². The van der Waals surface area contributed by atoms with Gasteiger partial charge in [0.2, 0.25) is 0 Å². The van der Waals surface area contributed by atoms with E-state index in [0.29, 0.717) is 22.5 Å². The summed E-state index contributed by atoms with van der Waals surface area (Å²) in [5.41, 5.74) is 8.01. The van der Waals surface area contributed by atoms with Gasteiger partial charge in [0.05, 0.1) is 17.6 Å². The van der Waals surface area contributed by atoms with Crippen molar-refractivity contribution in [2.45, 2.75) is 31.5 Å². The molecule has 42 heavy (non-hydrogen) atoms. The van der Waals surface area contributed by atoms with Crippen LogP contribution in [0.25, 0.3) is 11.1 Å². The van der Waals surface area contributed by atoms with Crippen LogP contribution in [0.1, 0.15) is 53.9 Å². The Balaban J connectivity index is 1.51. The van der Waals surface area contributed by atoms with Crippen LogP contribution in [0, 0.1) is 0 Å². The van der Waals surface area contributed by atoms with Crippen LogP contribution >= 0.6 is 0 Å². The van der Waals surface area contributed by atoms with Crippen LogP contribution in [0.15, 0.2) is 121 Å². The second kappa shape index (κ2) is 11.5. The quantitative estimate of drug-likeness (QED) is 0.128. The van der Waals surface area contributed by atoms with E-state index in [2.05, 4.69) is 63.4 Å². The molecule has 6 nitrogen and oxygen atoms in total. The molecule has 0 bridgehead atoms. The first-order valence-corrected chi connectivity index (χ1v) is 13.6. The standard InChI is InChI=1S/C36H32N2O4/c1-5-32(39)34(41)24-12-16-26(17-13-24)38(27-18-14-25(15-19-27)35(42)33(40)6-2)37-22-23-11-20-29-28-9-7-8-10-30(28)36(3,4)31(29)21-23/h5-22,34-35,41-42H,1-2H2,3-4H3. The molecule has 0 heterocycles. The molecule has 2 atom stereocenters. The highest BCUT2D eigenvalue weighted by atomic mass is 16.3. The van der Waals surface area contributed by atoms with Gasteiger partial charge in [0.25, 0.3) is 0 Å². The van der Waals surface area contributed by atoms with Crippen molar-refractivity contribution in [2.24, 2.45) is 5.10 Å². The van der Waals surface area contributed by atoms with Gasteiger partial charge in [-0.05, 0) is 81.4 Å². The lowest BCUT2D eigenvalue weighted by atomic mass is 9.82. The van der Waals surface area contributed by atoms with Gasteiger partial charge in [-0.2, -0.15) is 5.10 Å². The van der Waals surface area contributed by atoms with Crippen LogP contribution in [0.3, 0.4) is 0 Å². The van der Waals surface area contributed by atoms with Crippen LogP contribution < -0.4 is 5.01 Å². The number of anilines is 2. The molecule has 0 saturated heterocycles. The lowest BCUT2D eigenvalue weighted by molar-refractivity contribution is -0.123. The third-order valence-electron chi connectivity index (χ3n) is 7.78. The second-order valence-corrected chi connectivity index (χ2v) is 10.7. The first-order valence-electron chi connectivity index (χ1n) is 13.6. The molecule has 0 fully saturated rings. The topological polar surface area (TPSA) is 90.2 Å². The van der Waals surface area contributed by atoms with Crippen molar-refractivity contribution >= 4 is 29.2 Å². The second-order valence-electron chi connectivity index (χ2n) is 10.7. The zero-order valence-corrected chi connectivity index (χ0v) is 23.6. The molecule has 0 aliphatic heterocycles. The van der Waals surface area contributed by atoms with Gasteiger partial charge in [-0.15, -0.1) is 0 Å². The third kappa shape index (κ3) is 5.26. The molecule has 5 rings (SSSR count). The predicted molar refractivity (Wildman–Crippen MR) is 167 cm³/mol. The zero-order valence-electron chi connectivity index (χ0n) is 23.6. The van der Waals surface area contributed by atoms with Gasteiger partial charge in [-0.1, -0.05) is 87.7 Å². The number of aliphatic hydroxyl groups excluding tert-OH is 2. The van der Waals surface area contributed by atoms with Crippen molar-refractivity contribution in [3.63, 3.8) is 0 Å². The molecular formula is C36H32N2O4. The minimum atomic E-state index is -1.30. The summed E-state index contributed by atoms with van der Waals surface area (Å²) in [6.07, 6.45) is 1.39. The Bertz CT molecular complexity index is 1630. The first kappa shape index (κ1) is 28.6. The Morgan fingerprint density at radius 2 is 1.24 bits per heavy atom. The van der Waals surface area contributed by atoms with Crippen LogP contribution in [0.5, 0.6) is 0 Å². The summed E-state index contributed by atoms with van der Waals surface area (Å²) in [6.45, 7) is 11.3. The molecule has 1 aliphatic rings. The fourth-order valence-electron chi connectivity index (χ4n) is 5.36. The highest BCUT2D eigenvalue weighted by Crippen LogP contribution is 2.48. The molecule has 0 saturated carbocycles. The van der Waals surface area contributed by atoms with E-state index >= 15 is 0 Å². The van der Waals surface area contributed by atoms with Crippen LogP contribution in [-0.4, -0.2) is 28.0 Å². The molecule has 2 unspecified atom stereocenters. The fraction of sp³-hybridized carbons (Fsp3) is 0.139. The molecule has 2 N–H and O–H groups in total. The fourth-order valence-corrected chi connectivity index (χ4v) is 5.36. The number of fused-ring (bicyclic) bond motifs is 3. The van der Waals surface area contributed by atoms with Gasteiger partial charge in [-0.3, -0.25) is 9.59 Å². The van der Waals surface area contributed by atoms with Crippen LogP contribution in [-0.2, 0) is 15.0 Å². The molecule has 1 aliphatic carbocycles. The Labute approximate surface area is 245 Å². The van der Waals surface area contributed by atoms with E-state index in [1.807, 2.05) is 6.07 Å². The summed E-state index contributed by atoms with van der Waals surface area (Å²) in [5.74, 6) is -0.968.